The van der Waals surface area contributed by atoms with Gasteiger partial charge < -0.3 is 14.8 Å². The second-order valence-electron chi connectivity index (χ2n) is 5.58. The van der Waals surface area contributed by atoms with Crippen LogP contribution in [0, 0.1) is 12.8 Å². The van der Waals surface area contributed by atoms with Crippen LogP contribution in [0.15, 0.2) is 16.7 Å². The molecule has 1 amide bonds. The molecule has 1 aliphatic carbocycles. The predicted octanol–water partition coefficient (Wildman–Crippen LogP) is 2.74. The van der Waals surface area contributed by atoms with Gasteiger partial charge in [-0.3, -0.25) is 4.79 Å². The zero-order chi connectivity index (χ0) is 14.8. The number of amides is 1. The van der Waals surface area contributed by atoms with Crippen LogP contribution < -0.4 is 5.32 Å². The first-order valence-electron chi connectivity index (χ1n) is 7.08. The van der Waals surface area contributed by atoms with Crippen molar-refractivity contribution in [1.82, 2.24) is 5.32 Å². The third-order valence-corrected chi connectivity index (χ3v) is 4.40. The van der Waals surface area contributed by atoms with E-state index < -0.39 is 11.5 Å². The van der Waals surface area contributed by atoms with E-state index in [2.05, 4.69) is 12.2 Å². The number of carboxylic acids is 1. The first kappa shape index (κ1) is 14.6. The average molecular weight is 279 g/mol. The Kier molecular flexibility index (Phi) is 4.16. The monoisotopic (exact) mass is 279 g/mol. The van der Waals surface area contributed by atoms with Gasteiger partial charge in [0.25, 0.3) is 5.91 Å². The predicted molar refractivity (Wildman–Crippen MR) is 73.5 cm³/mol. The van der Waals surface area contributed by atoms with Crippen molar-refractivity contribution in [3.8, 4) is 0 Å². The lowest BCUT2D eigenvalue weighted by Gasteiger charge is -2.37. The van der Waals surface area contributed by atoms with Crippen molar-refractivity contribution in [2.75, 3.05) is 0 Å². The van der Waals surface area contributed by atoms with E-state index in [-0.39, 0.29) is 5.91 Å². The SMILES string of the molecule is CCC1CCC(NC(=O)c2ccoc2C)(C(=O)O)CC1. The highest BCUT2D eigenvalue weighted by molar-refractivity contribution is 5.98. The number of nitrogens with one attached hydrogen (secondary N) is 1. The third kappa shape index (κ3) is 2.71. The molecule has 5 heteroatoms. The lowest BCUT2D eigenvalue weighted by molar-refractivity contribution is -0.146. The summed E-state index contributed by atoms with van der Waals surface area (Å²) in [6.45, 7) is 3.81. The molecule has 110 valence electrons. The number of carboxylic acid groups (broad SMARTS) is 1. The Morgan fingerprint density at radius 1 is 1.45 bits per heavy atom. The van der Waals surface area contributed by atoms with Crippen LogP contribution in [-0.4, -0.2) is 22.5 Å². The zero-order valence-electron chi connectivity index (χ0n) is 11.9. The summed E-state index contributed by atoms with van der Waals surface area (Å²) in [6, 6.07) is 1.57. The molecule has 1 fully saturated rings. The minimum Gasteiger partial charge on any atom is -0.480 e. The molecular formula is C15H21NO4. The Bertz CT molecular complexity index is 498. The maximum absolute atomic E-state index is 12.2. The van der Waals surface area contributed by atoms with Gasteiger partial charge in [-0.15, -0.1) is 0 Å². The van der Waals surface area contributed by atoms with E-state index in [9.17, 15) is 14.7 Å². The summed E-state index contributed by atoms with van der Waals surface area (Å²) >= 11 is 0. The first-order chi connectivity index (χ1) is 9.48. The molecule has 1 aliphatic rings. The number of carbonyl (C=O) groups excluding carboxylic acids is 1. The van der Waals surface area contributed by atoms with Gasteiger partial charge in [-0.2, -0.15) is 0 Å². The van der Waals surface area contributed by atoms with Crippen molar-refractivity contribution in [3.05, 3.63) is 23.7 Å². The van der Waals surface area contributed by atoms with E-state index in [1.165, 1.54) is 6.26 Å². The van der Waals surface area contributed by atoms with E-state index in [1.54, 1.807) is 13.0 Å². The van der Waals surface area contributed by atoms with Crippen LogP contribution in [0.4, 0.5) is 0 Å². The summed E-state index contributed by atoms with van der Waals surface area (Å²) < 4.78 is 5.09. The van der Waals surface area contributed by atoms with Crippen LogP contribution >= 0.6 is 0 Å². The highest BCUT2D eigenvalue weighted by atomic mass is 16.4. The molecular weight excluding hydrogens is 258 g/mol. The topological polar surface area (TPSA) is 79.5 Å². The summed E-state index contributed by atoms with van der Waals surface area (Å²) in [5.74, 6) is -0.240. The van der Waals surface area contributed by atoms with Crippen LogP contribution in [0.2, 0.25) is 0 Å². The van der Waals surface area contributed by atoms with Crippen molar-refractivity contribution < 1.29 is 19.1 Å². The third-order valence-electron chi connectivity index (χ3n) is 4.40. The van der Waals surface area contributed by atoms with Gasteiger partial charge in [0, 0.05) is 0 Å². The Morgan fingerprint density at radius 3 is 2.55 bits per heavy atom. The van der Waals surface area contributed by atoms with Crippen LogP contribution in [0.25, 0.3) is 0 Å². The fourth-order valence-electron chi connectivity index (χ4n) is 2.88. The van der Waals surface area contributed by atoms with Crippen molar-refractivity contribution in [3.63, 3.8) is 0 Å². The van der Waals surface area contributed by atoms with E-state index in [0.29, 0.717) is 30.1 Å². The lowest BCUT2D eigenvalue weighted by atomic mass is 9.75. The van der Waals surface area contributed by atoms with Gasteiger partial charge in [0.15, 0.2) is 0 Å². The van der Waals surface area contributed by atoms with E-state index in [1.807, 2.05) is 0 Å². The number of hydrogen-bond acceptors (Lipinski definition) is 3. The van der Waals surface area contributed by atoms with Crippen molar-refractivity contribution >= 4 is 11.9 Å². The molecule has 0 spiro atoms. The zero-order valence-corrected chi connectivity index (χ0v) is 11.9. The molecule has 0 bridgehead atoms. The summed E-state index contributed by atoms with van der Waals surface area (Å²) in [5, 5.41) is 12.2. The van der Waals surface area contributed by atoms with Gasteiger partial charge >= 0.3 is 5.97 Å². The number of carbonyl (C=O) groups is 2. The van der Waals surface area contributed by atoms with Gasteiger partial charge in [-0.25, -0.2) is 4.79 Å². The maximum atomic E-state index is 12.2. The molecule has 2 rings (SSSR count). The van der Waals surface area contributed by atoms with Gasteiger partial charge in [0.2, 0.25) is 0 Å². The first-order valence-corrected chi connectivity index (χ1v) is 7.08. The Balaban J connectivity index is 2.13. The molecule has 0 aromatic carbocycles. The smallest absolute Gasteiger partial charge is 0.329 e. The van der Waals surface area contributed by atoms with E-state index in [0.717, 1.165) is 19.3 Å². The highest BCUT2D eigenvalue weighted by Crippen LogP contribution is 2.34. The summed E-state index contributed by atoms with van der Waals surface area (Å²) in [4.78, 5) is 23.8. The van der Waals surface area contributed by atoms with Gasteiger partial charge in [-0.05, 0) is 44.6 Å². The van der Waals surface area contributed by atoms with E-state index >= 15 is 0 Å². The second-order valence-corrected chi connectivity index (χ2v) is 5.58. The number of furan rings is 1. The van der Waals surface area contributed by atoms with Gasteiger partial charge in [0.1, 0.15) is 11.3 Å². The number of aryl methyl sites for hydroxylation is 1. The molecule has 0 unspecified atom stereocenters. The van der Waals surface area contributed by atoms with Crippen molar-refractivity contribution in [2.24, 2.45) is 5.92 Å². The standard InChI is InChI=1S/C15H21NO4/c1-3-11-4-7-15(8-5-11,14(18)19)16-13(17)12-6-9-20-10(12)2/h6,9,11H,3-5,7-8H2,1-2H3,(H,16,17)(H,18,19). The molecule has 1 aromatic heterocycles. The van der Waals surface area contributed by atoms with Crippen LogP contribution in [0.3, 0.4) is 0 Å². The maximum Gasteiger partial charge on any atom is 0.329 e. The van der Waals surface area contributed by atoms with Crippen LogP contribution in [0.5, 0.6) is 0 Å². The average Bonchev–Trinajstić information content (AvgIpc) is 2.85. The largest absolute Gasteiger partial charge is 0.480 e. The molecule has 0 atom stereocenters. The molecule has 1 aromatic rings. The highest BCUT2D eigenvalue weighted by Gasteiger charge is 2.43. The summed E-state index contributed by atoms with van der Waals surface area (Å²) in [5.41, 5.74) is -0.727. The van der Waals surface area contributed by atoms with E-state index in [4.69, 9.17) is 4.42 Å². The molecule has 2 N–H and O–H groups in total. The molecule has 5 nitrogen and oxygen atoms in total. The van der Waals surface area contributed by atoms with Crippen LogP contribution in [-0.2, 0) is 4.79 Å². The number of aliphatic carboxylic acids is 1. The lowest BCUT2D eigenvalue weighted by Crippen LogP contribution is -2.56. The molecule has 0 radical (unpaired) electrons. The quantitative estimate of drug-likeness (QED) is 0.888. The van der Waals surface area contributed by atoms with Gasteiger partial charge in [0.05, 0.1) is 11.8 Å². The fourth-order valence-corrected chi connectivity index (χ4v) is 2.88. The minimum atomic E-state index is -1.13. The Labute approximate surface area is 118 Å². The summed E-state index contributed by atoms with van der Waals surface area (Å²) in [7, 11) is 0. The molecule has 20 heavy (non-hydrogen) atoms. The van der Waals surface area contributed by atoms with Crippen molar-refractivity contribution in [2.45, 2.75) is 51.5 Å². The Morgan fingerprint density at radius 2 is 2.10 bits per heavy atom. The Hall–Kier alpha value is -1.78. The minimum absolute atomic E-state index is 0.367. The number of hydrogen-bond donors (Lipinski definition) is 2. The molecule has 0 aliphatic heterocycles. The van der Waals surface area contributed by atoms with Crippen molar-refractivity contribution in [1.29, 1.82) is 0 Å². The van der Waals surface area contributed by atoms with Gasteiger partial charge in [-0.1, -0.05) is 13.3 Å². The summed E-state index contributed by atoms with van der Waals surface area (Å²) in [6.07, 6.45) is 5.16. The number of rotatable bonds is 4. The fraction of sp³-hybridized carbons (Fsp3) is 0.600. The van der Waals surface area contributed by atoms with Crippen LogP contribution in [0.1, 0.15) is 55.1 Å². The second kappa shape index (κ2) is 5.69. The molecule has 0 saturated heterocycles. The normalized spacial score (nSPS) is 26.2. The molecule has 1 heterocycles. The molecule has 1 saturated carbocycles.